The quantitative estimate of drug-likeness (QED) is 0.455. The number of allylic oxidation sites excluding steroid dienone is 1. The molecule has 0 rings (SSSR count). The molecule has 0 aromatic heterocycles. The lowest BCUT2D eigenvalue weighted by Crippen LogP contribution is -2.26. The number of carbonyl (C=O) groups is 1. The van der Waals surface area contributed by atoms with Gasteiger partial charge in [0.25, 0.3) is 0 Å². The van der Waals surface area contributed by atoms with Crippen LogP contribution in [0.4, 0.5) is 0 Å². The van der Waals surface area contributed by atoms with Crippen molar-refractivity contribution < 1.29 is 9.53 Å². The van der Waals surface area contributed by atoms with Gasteiger partial charge in [0.05, 0.1) is 13.2 Å². The molecule has 0 atom stereocenters. The molecule has 3 heteroatoms. The van der Waals surface area contributed by atoms with Crippen LogP contribution in [0.1, 0.15) is 19.8 Å². The third kappa shape index (κ3) is 7.68. The molecular weight excluding hydrogens is 166 g/mol. The Balaban J connectivity index is 3.35. The summed E-state index contributed by atoms with van der Waals surface area (Å²) < 4.78 is 4.83. The maximum Gasteiger partial charge on any atom is 0.150 e. The predicted octanol–water partition coefficient (Wildman–Crippen LogP) is 1.15. The van der Waals surface area contributed by atoms with Gasteiger partial charge in [0.15, 0.2) is 5.78 Å². The van der Waals surface area contributed by atoms with E-state index in [2.05, 4.69) is 11.9 Å². The van der Waals surface area contributed by atoms with Crippen molar-refractivity contribution in [3.63, 3.8) is 0 Å². The number of nitrogens with one attached hydrogen (secondary N) is 1. The number of methoxy groups -OCH3 is 1. The first-order valence-corrected chi connectivity index (χ1v) is 4.58. The van der Waals surface area contributed by atoms with Gasteiger partial charge in [0.1, 0.15) is 0 Å². The molecule has 0 aliphatic heterocycles. The van der Waals surface area contributed by atoms with E-state index < -0.39 is 0 Å². The summed E-state index contributed by atoms with van der Waals surface area (Å²) in [7, 11) is 1.64. The molecule has 0 spiro atoms. The second-order valence-corrected chi connectivity index (χ2v) is 2.99. The zero-order chi connectivity index (χ0) is 10.1. The van der Waals surface area contributed by atoms with Gasteiger partial charge in [0, 0.05) is 20.1 Å². The van der Waals surface area contributed by atoms with Gasteiger partial charge in [-0.25, -0.2) is 0 Å². The molecule has 0 saturated heterocycles. The van der Waals surface area contributed by atoms with Gasteiger partial charge in [-0.2, -0.15) is 0 Å². The average Bonchev–Trinajstić information content (AvgIpc) is 2.12. The Morgan fingerprint density at radius 2 is 2.23 bits per heavy atom. The number of hydrogen-bond donors (Lipinski definition) is 1. The molecule has 0 amide bonds. The Labute approximate surface area is 80.2 Å². The van der Waals surface area contributed by atoms with Gasteiger partial charge in [0.2, 0.25) is 0 Å². The highest BCUT2D eigenvalue weighted by atomic mass is 16.5. The maximum absolute atomic E-state index is 11.2. The molecule has 1 N–H and O–H groups in total. The maximum atomic E-state index is 11.2. The van der Waals surface area contributed by atoms with Crippen molar-refractivity contribution in [2.24, 2.45) is 0 Å². The summed E-state index contributed by atoms with van der Waals surface area (Å²) in [5, 5.41) is 3.00. The smallest absolute Gasteiger partial charge is 0.150 e. The van der Waals surface area contributed by atoms with Crippen LogP contribution in [-0.4, -0.2) is 32.6 Å². The van der Waals surface area contributed by atoms with E-state index in [-0.39, 0.29) is 5.78 Å². The van der Waals surface area contributed by atoms with E-state index >= 15 is 0 Å². The van der Waals surface area contributed by atoms with E-state index in [1.807, 2.05) is 6.92 Å². The van der Waals surface area contributed by atoms with Gasteiger partial charge in [-0.15, -0.1) is 0 Å². The SMILES string of the molecule is C=C(CC)CC(=O)CNCCOC. The topological polar surface area (TPSA) is 38.3 Å². The summed E-state index contributed by atoms with van der Waals surface area (Å²) in [6.07, 6.45) is 1.38. The molecule has 0 aromatic carbocycles. The minimum absolute atomic E-state index is 0.197. The van der Waals surface area contributed by atoms with Crippen molar-refractivity contribution in [3.05, 3.63) is 12.2 Å². The van der Waals surface area contributed by atoms with E-state index in [1.165, 1.54) is 0 Å². The first kappa shape index (κ1) is 12.3. The van der Waals surface area contributed by atoms with Crippen LogP contribution in [0.3, 0.4) is 0 Å². The first-order chi connectivity index (χ1) is 6.20. The van der Waals surface area contributed by atoms with Crippen LogP contribution in [0.15, 0.2) is 12.2 Å². The van der Waals surface area contributed by atoms with Crippen LogP contribution in [0.5, 0.6) is 0 Å². The van der Waals surface area contributed by atoms with Crippen LogP contribution < -0.4 is 5.32 Å². The largest absolute Gasteiger partial charge is 0.383 e. The highest BCUT2D eigenvalue weighted by Crippen LogP contribution is 2.02. The fourth-order valence-electron chi connectivity index (χ4n) is 0.868. The number of Topliss-reactive ketones (excluding diaryl/α,β-unsaturated/α-hetero) is 1. The van der Waals surface area contributed by atoms with Crippen molar-refractivity contribution in [1.82, 2.24) is 5.32 Å². The van der Waals surface area contributed by atoms with Gasteiger partial charge in [-0.05, 0) is 6.42 Å². The molecule has 0 heterocycles. The van der Waals surface area contributed by atoms with Gasteiger partial charge in [-0.1, -0.05) is 19.1 Å². The van der Waals surface area contributed by atoms with Gasteiger partial charge >= 0.3 is 0 Å². The Bertz CT molecular complexity index is 166. The minimum Gasteiger partial charge on any atom is -0.383 e. The predicted molar refractivity (Wildman–Crippen MR) is 53.8 cm³/mol. The van der Waals surface area contributed by atoms with Crippen molar-refractivity contribution in [2.75, 3.05) is 26.8 Å². The fraction of sp³-hybridized carbons (Fsp3) is 0.700. The summed E-state index contributed by atoms with van der Waals surface area (Å²) in [4.78, 5) is 11.2. The zero-order valence-corrected chi connectivity index (χ0v) is 8.56. The summed E-state index contributed by atoms with van der Waals surface area (Å²) in [5.41, 5.74) is 0.999. The lowest BCUT2D eigenvalue weighted by Gasteiger charge is -2.03. The summed E-state index contributed by atoms with van der Waals surface area (Å²) >= 11 is 0. The lowest BCUT2D eigenvalue weighted by molar-refractivity contribution is -0.117. The highest BCUT2D eigenvalue weighted by molar-refractivity contribution is 5.82. The molecule has 0 bridgehead atoms. The molecule has 0 radical (unpaired) electrons. The van der Waals surface area contributed by atoms with Crippen LogP contribution in [-0.2, 0) is 9.53 Å². The van der Waals surface area contributed by atoms with E-state index in [0.717, 1.165) is 18.5 Å². The summed E-state index contributed by atoms with van der Waals surface area (Å²) in [5.74, 6) is 0.197. The monoisotopic (exact) mass is 185 g/mol. The van der Waals surface area contributed by atoms with Gasteiger partial charge in [-0.3, -0.25) is 4.79 Å². The average molecular weight is 185 g/mol. The molecule has 0 aliphatic carbocycles. The van der Waals surface area contributed by atoms with Crippen molar-refractivity contribution in [2.45, 2.75) is 19.8 Å². The van der Waals surface area contributed by atoms with E-state index in [0.29, 0.717) is 19.6 Å². The Morgan fingerprint density at radius 1 is 1.54 bits per heavy atom. The first-order valence-electron chi connectivity index (χ1n) is 4.58. The van der Waals surface area contributed by atoms with Crippen LogP contribution in [0.25, 0.3) is 0 Å². The number of carbonyl (C=O) groups excluding carboxylic acids is 1. The van der Waals surface area contributed by atoms with Crippen LogP contribution in [0.2, 0.25) is 0 Å². The molecular formula is C10H19NO2. The molecule has 0 fully saturated rings. The van der Waals surface area contributed by atoms with E-state index in [9.17, 15) is 4.79 Å². The molecule has 76 valence electrons. The normalized spacial score (nSPS) is 10.0. The lowest BCUT2D eigenvalue weighted by atomic mass is 10.1. The zero-order valence-electron chi connectivity index (χ0n) is 8.56. The molecule has 0 unspecified atom stereocenters. The number of ketones is 1. The molecule has 13 heavy (non-hydrogen) atoms. The molecule has 0 saturated carbocycles. The van der Waals surface area contributed by atoms with Gasteiger partial charge < -0.3 is 10.1 Å². The fourth-order valence-corrected chi connectivity index (χ4v) is 0.868. The van der Waals surface area contributed by atoms with Crippen LogP contribution in [0, 0.1) is 0 Å². The second kappa shape index (κ2) is 7.95. The summed E-state index contributed by atoms with van der Waals surface area (Å²) in [6.45, 7) is 7.58. The Morgan fingerprint density at radius 3 is 2.77 bits per heavy atom. The minimum atomic E-state index is 0.197. The number of hydrogen-bond acceptors (Lipinski definition) is 3. The van der Waals surface area contributed by atoms with Crippen molar-refractivity contribution in [1.29, 1.82) is 0 Å². The molecule has 0 aliphatic rings. The Hall–Kier alpha value is -0.670. The molecule has 3 nitrogen and oxygen atoms in total. The number of ether oxygens (including phenoxy) is 1. The second-order valence-electron chi connectivity index (χ2n) is 2.99. The highest BCUT2D eigenvalue weighted by Gasteiger charge is 2.01. The third-order valence-electron chi connectivity index (χ3n) is 1.75. The number of rotatable bonds is 8. The third-order valence-corrected chi connectivity index (χ3v) is 1.75. The van der Waals surface area contributed by atoms with E-state index in [1.54, 1.807) is 7.11 Å². The van der Waals surface area contributed by atoms with E-state index in [4.69, 9.17) is 4.74 Å². The standard InChI is InChI=1S/C10H19NO2/c1-4-9(2)7-10(12)8-11-5-6-13-3/h11H,2,4-8H2,1,3H3. The molecule has 0 aromatic rings. The van der Waals surface area contributed by atoms with Crippen molar-refractivity contribution in [3.8, 4) is 0 Å². The van der Waals surface area contributed by atoms with Crippen molar-refractivity contribution >= 4 is 5.78 Å². The summed E-state index contributed by atoms with van der Waals surface area (Å²) in [6, 6.07) is 0. The van der Waals surface area contributed by atoms with Crippen LogP contribution >= 0.6 is 0 Å². The Kier molecular flexibility index (Phi) is 7.54.